The SMILES string of the molecule is CC(c1ccccc1)N(Cc1cccc(Cl)c1)Cc1nc(C(=O)NCCN2CCOCC2)co1. The molecule has 0 saturated carbocycles. The van der Waals surface area contributed by atoms with Crippen molar-refractivity contribution in [1.29, 1.82) is 0 Å². The number of nitrogens with one attached hydrogen (secondary N) is 1. The zero-order valence-electron chi connectivity index (χ0n) is 19.5. The van der Waals surface area contributed by atoms with Gasteiger partial charge in [-0.2, -0.15) is 0 Å². The molecule has 0 aliphatic carbocycles. The highest BCUT2D eigenvalue weighted by atomic mass is 35.5. The summed E-state index contributed by atoms with van der Waals surface area (Å²) in [6.07, 6.45) is 1.43. The predicted molar refractivity (Wildman–Crippen MR) is 132 cm³/mol. The van der Waals surface area contributed by atoms with Crippen LogP contribution in [0.1, 0.15) is 40.5 Å². The molecule has 34 heavy (non-hydrogen) atoms. The largest absolute Gasteiger partial charge is 0.447 e. The number of halogens is 1. The molecule has 0 radical (unpaired) electrons. The molecule has 1 amide bonds. The first kappa shape index (κ1) is 24.4. The number of carbonyl (C=O) groups is 1. The molecule has 1 aliphatic heterocycles. The number of hydrogen-bond donors (Lipinski definition) is 1. The van der Waals surface area contributed by atoms with Crippen LogP contribution in [0.5, 0.6) is 0 Å². The number of carbonyl (C=O) groups excluding carboxylic acids is 1. The fraction of sp³-hybridized carbons (Fsp3) is 0.385. The van der Waals surface area contributed by atoms with Gasteiger partial charge in [-0.05, 0) is 30.2 Å². The monoisotopic (exact) mass is 482 g/mol. The molecule has 1 aromatic heterocycles. The summed E-state index contributed by atoms with van der Waals surface area (Å²) in [4.78, 5) is 21.6. The van der Waals surface area contributed by atoms with Gasteiger partial charge in [0, 0.05) is 43.8 Å². The van der Waals surface area contributed by atoms with Crippen molar-refractivity contribution in [2.45, 2.75) is 26.1 Å². The molecule has 1 aliphatic rings. The molecule has 1 fully saturated rings. The Bertz CT molecular complexity index is 1050. The summed E-state index contributed by atoms with van der Waals surface area (Å²) in [5.41, 5.74) is 2.59. The summed E-state index contributed by atoms with van der Waals surface area (Å²) >= 11 is 6.21. The summed E-state index contributed by atoms with van der Waals surface area (Å²) in [5.74, 6) is 0.281. The van der Waals surface area contributed by atoms with Crippen LogP contribution in [0.4, 0.5) is 0 Å². The van der Waals surface area contributed by atoms with Crippen LogP contribution in [-0.2, 0) is 17.8 Å². The number of hydrogen-bond acceptors (Lipinski definition) is 6. The lowest BCUT2D eigenvalue weighted by molar-refractivity contribution is 0.0383. The van der Waals surface area contributed by atoms with Crippen LogP contribution in [0.25, 0.3) is 0 Å². The fourth-order valence-electron chi connectivity index (χ4n) is 4.05. The average molecular weight is 483 g/mol. The van der Waals surface area contributed by atoms with Gasteiger partial charge in [0.1, 0.15) is 6.26 Å². The Morgan fingerprint density at radius 1 is 1.15 bits per heavy atom. The molecule has 2 aromatic carbocycles. The second-order valence-electron chi connectivity index (χ2n) is 8.46. The van der Waals surface area contributed by atoms with E-state index in [-0.39, 0.29) is 11.9 Å². The number of nitrogens with zero attached hydrogens (tertiary/aromatic N) is 3. The van der Waals surface area contributed by atoms with Gasteiger partial charge >= 0.3 is 0 Å². The zero-order chi connectivity index (χ0) is 23.8. The second kappa shape index (κ2) is 12.1. The van der Waals surface area contributed by atoms with E-state index in [9.17, 15) is 4.79 Å². The zero-order valence-corrected chi connectivity index (χ0v) is 20.2. The van der Waals surface area contributed by atoms with Crippen molar-refractivity contribution in [1.82, 2.24) is 20.1 Å². The highest BCUT2D eigenvalue weighted by Crippen LogP contribution is 2.25. The van der Waals surface area contributed by atoms with Gasteiger partial charge in [0.15, 0.2) is 5.69 Å². The Labute approximate surface area is 205 Å². The maximum Gasteiger partial charge on any atom is 0.273 e. The number of rotatable bonds is 10. The lowest BCUT2D eigenvalue weighted by Crippen LogP contribution is -2.41. The quantitative estimate of drug-likeness (QED) is 0.468. The molecular weight excluding hydrogens is 452 g/mol. The van der Waals surface area contributed by atoms with Crippen molar-refractivity contribution in [2.24, 2.45) is 0 Å². The number of aromatic nitrogens is 1. The fourth-order valence-corrected chi connectivity index (χ4v) is 4.26. The summed E-state index contributed by atoms with van der Waals surface area (Å²) < 4.78 is 11.1. The minimum absolute atomic E-state index is 0.109. The van der Waals surface area contributed by atoms with E-state index in [0.717, 1.165) is 38.4 Å². The highest BCUT2D eigenvalue weighted by molar-refractivity contribution is 6.30. The van der Waals surface area contributed by atoms with Gasteiger partial charge in [0.2, 0.25) is 5.89 Å². The lowest BCUT2D eigenvalue weighted by atomic mass is 10.1. The Morgan fingerprint density at radius 3 is 2.71 bits per heavy atom. The van der Waals surface area contributed by atoms with Gasteiger partial charge in [-0.15, -0.1) is 0 Å². The average Bonchev–Trinajstić information content (AvgIpc) is 3.33. The first-order valence-electron chi connectivity index (χ1n) is 11.6. The van der Waals surface area contributed by atoms with E-state index in [1.807, 2.05) is 36.4 Å². The minimum Gasteiger partial charge on any atom is -0.447 e. The third-order valence-electron chi connectivity index (χ3n) is 6.04. The molecule has 8 heteroatoms. The van der Waals surface area contributed by atoms with Crippen molar-refractivity contribution < 1.29 is 13.9 Å². The van der Waals surface area contributed by atoms with Crippen molar-refractivity contribution >= 4 is 17.5 Å². The van der Waals surface area contributed by atoms with Crippen molar-refractivity contribution in [3.05, 3.63) is 88.6 Å². The molecule has 2 heterocycles. The summed E-state index contributed by atoms with van der Waals surface area (Å²) in [7, 11) is 0. The normalized spacial score (nSPS) is 15.4. The van der Waals surface area contributed by atoms with E-state index in [1.54, 1.807) is 0 Å². The van der Waals surface area contributed by atoms with Gasteiger partial charge in [0.25, 0.3) is 5.91 Å². The van der Waals surface area contributed by atoms with Crippen LogP contribution in [0.15, 0.2) is 65.3 Å². The smallest absolute Gasteiger partial charge is 0.273 e. The highest BCUT2D eigenvalue weighted by Gasteiger charge is 2.21. The molecular formula is C26H31ClN4O3. The Hall–Kier alpha value is -2.71. The predicted octanol–water partition coefficient (Wildman–Crippen LogP) is 4.15. The number of amides is 1. The van der Waals surface area contributed by atoms with Gasteiger partial charge in [-0.1, -0.05) is 54.1 Å². The van der Waals surface area contributed by atoms with E-state index in [2.05, 4.69) is 45.2 Å². The molecule has 1 unspecified atom stereocenters. The summed E-state index contributed by atoms with van der Waals surface area (Å²) in [6, 6.07) is 18.3. The standard InChI is InChI=1S/C26H31ClN4O3/c1-20(22-7-3-2-4-8-22)31(17-21-6-5-9-23(27)16-21)18-25-29-24(19-34-25)26(32)28-10-11-30-12-14-33-15-13-30/h2-9,16,19-20H,10-15,17-18H2,1H3,(H,28,32). The third-order valence-corrected chi connectivity index (χ3v) is 6.28. The Balaban J connectivity index is 1.40. The third kappa shape index (κ3) is 6.90. The first-order chi connectivity index (χ1) is 16.6. The molecule has 1 N–H and O–H groups in total. The van der Waals surface area contributed by atoms with Crippen LogP contribution >= 0.6 is 11.6 Å². The number of ether oxygens (including phenoxy) is 1. The van der Waals surface area contributed by atoms with Crippen LogP contribution < -0.4 is 5.32 Å². The summed E-state index contributed by atoms with van der Waals surface area (Å²) in [6.45, 7) is 7.92. The molecule has 1 saturated heterocycles. The van der Waals surface area contributed by atoms with Crippen molar-refractivity contribution in [2.75, 3.05) is 39.4 Å². The summed E-state index contributed by atoms with van der Waals surface area (Å²) in [5, 5.41) is 3.64. The van der Waals surface area contributed by atoms with Gasteiger partial charge in [0.05, 0.1) is 19.8 Å². The molecule has 0 spiro atoms. The van der Waals surface area contributed by atoms with Crippen LogP contribution in [0.3, 0.4) is 0 Å². The second-order valence-corrected chi connectivity index (χ2v) is 8.89. The molecule has 7 nitrogen and oxygen atoms in total. The molecule has 180 valence electrons. The molecule has 3 aromatic rings. The Morgan fingerprint density at radius 2 is 1.94 bits per heavy atom. The topological polar surface area (TPSA) is 70.8 Å². The van der Waals surface area contributed by atoms with E-state index >= 15 is 0 Å². The minimum atomic E-state index is -0.222. The Kier molecular flexibility index (Phi) is 8.71. The van der Waals surface area contributed by atoms with E-state index in [0.29, 0.717) is 36.2 Å². The maximum atomic E-state index is 12.6. The van der Waals surface area contributed by atoms with Crippen LogP contribution in [0.2, 0.25) is 5.02 Å². The van der Waals surface area contributed by atoms with E-state index < -0.39 is 0 Å². The van der Waals surface area contributed by atoms with Crippen molar-refractivity contribution in [3.63, 3.8) is 0 Å². The maximum absolute atomic E-state index is 12.6. The molecule has 1 atom stereocenters. The van der Waals surface area contributed by atoms with Gasteiger partial charge in [-0.25, -0.2) is 4.98 Å². The number of morpholine rings is 1. The number of oxazole rings is 1. The van der Waals surface area contributed by atoms with Gasteiger partial charge in [-0.3, -0.25) is 14.6 Å². The number of benzene rings is 2. The molecule has 4 rings (SSSR count). The van der Waals surface area contributed by atoms with Crippen LogP contribution in [0, 0.1) is 0 Å². The first-order valence-corrected chi connectivity index (χ1v) is 12.0. The van der Waals surface area contributed by atoms with Crippen LogP contribution in [-0.4, -0.2) is 60.1 Å². The molecule has 0 bridgehead atoms. The van der Waals surface area contributed by atoms with E-state index in [4.69, 9.17) is 20.8 Å². The lowest BCUT2D eigenvalue weighted by Gasteiger charge is -2.28. The van der Waals surface area contributed by atoms with Crippen molar-refractivity contribution in [3.8, 4) is 0 Å². The van der Waals surface area contributed by atoms with E-state index in [1.165, 1.54) is 11.8 Å². The van der Waals surface area contributed by atoms with Gasteiger partial charge < -0.3 is 14.5 Å².